The topological polar surface area (TPSA) is 93.7 Å². The lowest BCUT2D eigenvalue weighted by Gasteiger charge is -2.08. The maximum Gasteiger partial charge on any atom is 0.145 e. The summed E-state index contributed by atoms with van der Waals surface area (Å²) in [7, 11) is 1.89. The number of nitrogens with one attached hydrogen (secondary N) is 2. The third kappa shape index (κ3) is 2.95. The van der Waals surface area contributed by atoms with Crippen molar-refractivity contribution < 1.29 is 0 Å². The molecule has 4 N–H and O–H groups in total. The number of hydrogen-bond donors (Lipinski definition) is 3. The van der Waals surface area contributed by atoms with Gasteiger partial charge in [0.15, 0.2) is 0 Å². The fraction of sp³-hybridized carbons (Fsp3) is 0.364. The lowest BCUT2D eigenvalue weighted by atomic mass is 10.3. The van der Waals surface area contributed by atoms with Gasteiger partial charge in [0.05, 0.1) is 6.20 Å². The molecule has 0 spiro atoms. The molecule has 0 aliphatic rings. The van der Waals surface area contributed by atoms with Crippen molar-refractivity contribution in [1.29, 1.82) is 0 Å². The Labute approximate surface area is 105 Å². The third-order valence-electron chi connectivity index (χ3n) is 2.47. The van der Waals surface area contributed by atoms with Gasteiger partial charge in [0.25, 0.3) is 0 Å². The predicted octanol–water partition coefficient (Wildman–Crippen LogP) is 0.670. The first kappa shape index (κ1) is 12.3. The van der Waals surface area contributed by atoms with E-state index in [0.29, 0.717) is 12.4 Å². The molecule has 0 saturated carbocycles. The van der Waals surface area contributed by atoms with Crippen molar-refractivity contribution in [3.63, 3.8) is 0 Å². The highest BCUT2D eigenvalue weighted by Gasteiger charge is 2.03. The SMILES string of the molecule is CCc1nc(NN)cc(NCc2cnn(C)c2)n1. The molecule has 2 heterocycles. The summed E-state index contributed by atoms with van der Waals surface area (Å²) in [4.78, 5) is 8.60. The van der Waals surface area contributed by atoms with Crippen LogP contribution < -0.4 is 16.6 Å². The molecule has 2 aromatic rings. The summed E-state index contributed by atoms with van der Waals surface area (Å²) < 4.78 is 1.77. The number of aryl methyl sites for hydroxylation is 2. The van der Waals surface area contributed by atoms with E-state index in [1.165, 1.54) is 0 Å². The van der Waals surface area contributed by atoms with E-state index in [-0.39, 0.29) is 0 Å². The van der Waals surface area contributed by atoms with E-state index < -0.39 is 0 Å². The second-order valence-corrected chi connectivity index (χ2v) is 3.93. The van der Waals surface area contributed by atoms with Crippen LogP contribution >= 0.6 is 0 Å². The van der Waals surface area contributed by atoms with Gasteiger partial charge in [0.1, 0.15) is 17.5 Å². The molecule has 0 amide bonds. The summed E-state index contributed by atoms with van der Waals surface area (Å²) in [5, 5.41) is 7.33. The first-order chi connectivity index (χ1) is 8.71. The Morgan fingerprint density at radius 1 is 1.33 bits per heavy atom. The maximum atomic E-state index is 5.37. The van der Waals surface area contributed by atoms with Crippen molar-refractivity contribution >= 4 is 11.6 Å². The van der Waals surface area contributed by atoms with Gasteiger partial charge in [0, 0.05) is 37.8 Å². The van der Waals surface area contributed by atoms with Crippen LogP contribution in [0.5, 0.6) is 0 Å². The molecule has 0 aromatic carbocycles. The molecule has 7 heteroatoms. The molecule has 0 aliphatic heterocycles. The average Bonchev–Trinajstić information content (AvgIpc) is 2.81. The summed E-state index contributed by atoms with van der Waals surface area (Å²) in [5.74, 6) is 7.48. The van der Waals surface area contributed by atoms with Crippen LogP contribution in [-0.2, 0) is 20.0 Å². The van der Waals surface area contributed by atoms with E-state index in [9.17, 15) is 0 Å². The lowest BCUT2D eigenvalue weighted by molar-refractivity contribution is 0.767. The van der Waals surface area contributed by atoms with Crippen LogP contribution in [0.1, 0.15) is 18.3 Å². The van der Waals surface area contributed by atoms with Crippen LogP contribution in [0, 0.1) is 0 Å². The van der Waals surface area contributed by atoms with Gasteiger partial charge in [-0.3, -0.25) is 4.68 Å². The van der Waals surface area contributed by atoms with Gasteiger partial charge < -0.3 is 10.7 Å². The highest BCUT2D eigenvalue weighted by molar-refractivity contribution is 5.47. The first-order valence-electron chi connectivity index (χ1n) is 5.77. The molecule has 2 rings (SSSR count). The zero-order valence-corrected chi connectivity index (χ0v) is 10.5. The van der Waals surface area contributed by atoms with Crippen LogP contribution in [-0.4, -0.2) is 19.7 Å². The van der Waals surface area contributed by atoms with Crippen LogP contribution in [0.2, 0.25) is 0 Å². The van der Waals surface area contributed by atoms with Gasteiger partial charge >= 0.3 is 0 Å². The molecule has 18 heavy (non-hydrogen) atoms. The molecule has 0 unspecified atom stereocenters. The normalized spacial score (nSPS) is 10.4. The van der Waals surface area contributed by atoms with Gasteiger partial charge in [-0.1, -0.05) is 6.92 Å². The van der Waals surface area contributed by atoms with Gasteiger partial charge in [-0.25, -0.2) is 15.8 Å². The Morgan fingerprint density at radius 3 is 2.72 bits per heavy atom. The van der Waals surface area contributed by atoms with Gasteiger partial charge in [-0.2, -0.15) is 5.10 Å². The molecule has 0 fully saturated rings. The first-order valence-corrected chi connectivity index (χ1v) is 5.77. The van der Waals surface area contributed by atoms with Crippen molar-refractivity contribution in [1.82, 2.24) is 19.7 Å². The number of aromatic nitrogens is 4. The number of nitrogen functional groups attached to an aromatic ring is 1. The van der Waals surface area contributed by atoms with E-state index in [2.05, 4.69) is 25.8 Å². The molecule has 96 valence electrons. The Balaban J connectivity index is 2.08. The predicted molar refractivity (Wildman–Crippen MR) is 69.8 cm³/mol. The highest BCUT2D eigenvalue weighted by atomic mass is 15.3. The number of nitrogens with two attached hydrogens (primary N) is 1. The minimum absolute atomic E-state index is 0.607. The van der Waals surface area contributed by atoms with Crippen molar-refractivity contribution in [2.75, 3.05) is 10.7 Å². The maximum absolute atomic E-state index is 5.37. The minimum Gasteiger partial charge on any atom is -0.366 e. The summed E-state index contributed by atoms with van der Waals surface area (Å²) in [5.41, 5.74) is 3.63. The molecule has 0 bridgehead atoms. The Kier molecular flexibility index (Phi) is 3.73. The summed E-state index contributed by atoms with van der Waals surface area (Å²) in [6.45, 7) is 2.67. The fourth-order valence-electron chi connectivity index (χ4n) is 1.58. The van der Waals surface area contributed by atoms with Crippen molar-refractivity contribution in [3.8, 4) is 0 Å². The van der Waals surface area contributed by atoms with Crippen molar-refractivity contribution in [2.24, 2.45) is 12.9 Å². The Morgan fingerprint density at radius 2 is 2.11 bits per heavy atom. The van der Waals surface area contributed by atoms with Gasteiger partial charge in [0.2, 0.25) is 0 Å². The Bertz CT molecular complexity index is 498. The average molecular weight is 247 g/mol. The quantitative estimate of drug-likeness (QED) is 0.531. The van der Waals surface area contributed by atoms with Gasteiger partial charge in [-0.05, 0) is 0 Å². The molecule has 7 nitrogen and oxygen atoms in total. The molecular weight excluding hydrogens is 230 g/mol. The molecule has 0 aliphatic carbocycles. The fourth-order valence-corrected chi connectivity index (χ4v) is 1.58. The van der Waals surface area contributed by atoms with Gasteiger partial charge in [-0.15, -0.1) is 0 Å². The molecule has 2 aromatic heterocycles. The highest BCUT2D eigenvalue weighted by Crippen LogP contribution is 2.12. The van der Waals surface area contributed by atoms with Crippen molar-refractivity contribution in [3.05, 3.63) is 29.8 Å². The molecule has 0 atom stereocenters. The summed E-state index contributed by atoms with van der Waals surface area (Å²) in [6, 6.07) is 1.77. The smallest absolute Gasteiger partial charge is 0.145 e. The number of nitrogens with zero attached hydrogens (tertiary/aromatic N) is 4. The van der Waals surface area contributed by atoms with Crippen LogP contribution in [0.4, 0.5) is 11.6 Å². The van der Waals surface area contributed by atoms with E-state index >= 15 is 0 Å². The summed E-state index contributed by atoms with van der Waals surface area (Å²) in [6.07, 6.45) is 4.53. The standard InChI is InChI=1S/C11H17N7/c1-3-9-15-10(4-11(16-9)17-12)13-5-8-6-14-18(2)7-8/h4,6-7H,3,5,12H2,1-2H3,(H2,13,15,16,17). The van der Waals surface area contributed by atoms with E-state index in [4.69, 9.17) is 5.84 Å². The zero-order valence-electron chi connectivity index (χ0n) is 10.5. The second kappa shape index (κ2) is 5.46. The number of anilines is 2. The molecule has 0 saturated heterocycles. The largest absolute Gasteiger partial charge is 0.366 e. The van der Waals surface area contributed by atoms with E-state index in [1.54, 1.807) is 10.7 Å². The number of rotatable bonds is 5. The van der Waals surface area contributed by atoms with E-state index in [1.807, 2.05) is 26.4 Å². The number of hydrazine groups is 1. The third-order valence-corrected chi connectivity index (χ3v) is 2.47. The Hall–Kier alpha value is -2.15. The van der Waals surface area contributed by atoms with Crippen LogP contribution in [0.3, 0.4) is 0 Å². The zero-order chi connectivity index (χ0) is 13.0. The van der Waals surface area contributed by atoms with E-state index in [0.717, 1.165) is 23.6 Å². The molecular formula is C11H17N7. The lowest BCUT2D eigenvalue weighted by Crippen LogP contribution is -2.12. The second-order valence-electron chi connectivity index (χ2n) is 3.93. The van der Waals surface area contributed by atoms with Crippen molar-refractivity contribution in [2.45, 2.75) is 19.9 Å². The van der Waals surface area contributed by atoms with Crippen LogP contribution in [0.15, 0.2) is 18.5 Å². The number of hydrogen-bond acceptors (Lipinski definition) is 6. The van der Waals surface area contributed by atoms with Crippen LogP contribution in [0.25, 0.3) is 0 Å². The summed E-state index contributed by atoms with van der Waals surface area (Å²) >= 11 is 0. The minimum atomic E-state index is 0.607. The monoisotopic (exact) mass is 247 g/mol. The molecule has 0 radical (unpaired) electrons.